The Bertz CT molecular complexity index is 540. The highest BCUT2D eigenvalue weighted by Gasteiger charge is 2.32. The van der Waals surface area contributed by atoms with Gasteiger partial charge in [0.05, 0.1) is 23.7 Å². The van der Waals surface area contributed by atoms with Crippen molar-refractivity contribution in [2.75, 3.05) is 30.0 Å². The zero-order valence-corrected chi connectivity index (χ0v) is 11.8. The van der Waals surface area contributed by atoms with Crippen molar-refractivity contribution in [3.63, 3.8) is 0 Å². The molecule has 2 rings (SSSR count). The third-order valence-corrected chi connectivity index (χ3v) is 3.18. The van der Waals surface area contributed by atoms with E-state index in [0.29, 0.717) is 13.1 Å². The zero-order valence-electron chi connectivity index (χ0n) is 11.8. The Morgan fingerprint density at radius 1 is 1.57 bits per heavy atom. The zero-order chi connectivity index (χ0) is 15.6. The molecule has 0 saturated carbocycles. The Hall–Kier alpha value is -2.04. The van der Waals surface area contributed by atoms with Crippen LogP contribution in [0.4, 0.5) is 17.5 Å². The van der Waals surface area contributed by atoms with Crippen LogP contribution in [0.3, 0.4) is 0 Å². The van der Waals surface area contributed by atoms with E-state index in [1.54, 1.807) is 4.90 Å². The number of anilines is 2. The summed E-state index contributed by atoms with van der Waals surface area (Å²) in [4.78, 5) is 20.5. The Kier molecular flexibility index (Phi) is 4.50. The molecule has 0 spiro atoms. The summed E-state index contributed by atoms with van der Waals surface area (Å²) in [5.74, 6) is 5.58. The average Bonchev–Trinajstić information content (AvgIpc) is 2.45. The molecule has 10 heteroatoms. The molecule has 2 heterocycles. The van der Waals surface area contributed by atoms with E-state index in [2.05, 4.69) is 15.4 Å². The van der Waals surface area contributed by atoms with Gasteiger partial charge >= 0.3 is 5.69 Å². The molecule has 116 valence electrons. The van der Waals surface area contributed by atoms with Gasteiger partial charge in [0.15, 0.2) is 0 Å². The molecule has 1 aromatic rings. The van der Waals surface area contributed by atoms with Crippen LogP contribution >= 0.6 is 0 Å². The van der Waals surface area contributed by atoms with Gasteiger partial charge in [0.1, 0.15) is 5.69 Å². The minimum absolute atomic E-state index is 0.104. The number of rotatable bonds is 4. The second-order valence-electron chi connectivity index (χ2n) is 4.86. The third kappa shape index (κ3) is 3.17. The minimum atomic E-state index is -0.515. The van der Waals surface area contributed by atoms with Crippen molar-refractivity contribution < 1.29 is 14.8 Å². The summed E-state index contributed by atoms with van der Waals surface area (Å²) < 4.78 is 5.53. The van der Waals surface area contributed by atoms with E-state index in [1.807, 2.05) is 6.92 Å². The lowest BCUT2D eigenvalue weighted by molar-refractivity contribution is -0.385. The fourth-order valence-corrected chi connectivity index (χ4v) is 2.37. The van der Waals surface area contributed by atoms with Crippen LogP contribution in [-0.4, -0.2) is 51.9 Å². The van der Waals surface area contributed by atoms with Crippen molar-refractivity contribution in [1.29, 1.82) is 0 Å². The molecule has 1 aliphatic heterocycles. The summed E-state index contributed by atoms with van der Waals surface area (Å²) in [6.45, 7) is 3.93. The van der Waals surface area contributed by atoms with Crippen LogP contribution in [-0.2, 0) is 4.74 Å². The first-order chi connectivity index (χ1) is 9.96. The van der Waals surface area contributed by atoms with Crippen LogP contribution in [0.25, 0.3) is 0 Å². The number of hydrogen-bond donors (Lipinski definition) is 3. The number of nitrogens with two attached hydrogens (primary N) is 1. The topological polar surface area (TPSA) is 140 Å². The van der Waals surface area contributed by atoms with E-state index in [1.165, 1.54) is 6.92 Å². The molecule has 0 bridgehead atoms. The summed E-state index contributed by atoms with van der Waals surface area (Å²) >= 11 is 0. The van der Waals surface area contributed by atoms with Crippen LogP contribution in [0.1, 0.15) is 12.6 Å². The maximum atomic E-state index is 11.3. The van der Waals surface area contributed by atoms with Gasteiger partial charge in [-0.05, 0) is 13.8 Å². The number of ether oxygens (including phenoxy) is 1. The summed E-state index contributed by atoms with van der Waals surface area (Å²) in [5, 5.41) is 20.5. The molecule has 0 radical (unpaired) electrons. The van der Waals surface area contributed by atoms with Gasteiger partial charge in [0.2, 0.25) is 11.8 Å². The quantitative estimate of drug-likeness (QED) is 0.383. The number of aromatic nitrogens is 2. The molecule has 10 nitrogen and oxygen atoms in total. The van der Waals surface area contributed by atoms with E-state index in [9.17, 15) is 15.2 Å². The molecule has 1 saturated heterocycles. The minimum Gasteiger partial charge on any atom is -0.394 e. The number of hydrazine groups is 1. The van der Waals surface area contributed by atoms with Crippen molar-refractivity contribution >= 4 is 17.5 Å². The van der Waals surface area contributed by atoms with Crippen molar-refractivity contribution in [2.24, 2.45) is 5.84 Å². The fourth-order valence-electron chi connectivity index (χ4n) is 2.37. The van der Waals surface area contributed by atoms with E-state index in [-0.39, 0.29) is 35.9 Å². The number of morpholine rings is 1. The second kappa shape index (κ2) is 6.16. The van der Waals surface area contributed by atoms with Crippen LogP contribution in [0.15, 0.2) is 0 Å². The van der Waals surface area contributed by atoms with E-state index < -0.39 is 11.0 Å². The summed E-state index contributed by atoms with van der Waals surface area (Å²) in [7, 11) is 0. The molecule has 2 unspecified atom stereocenters. The lowest BCUT2D eigenvalue weighted by Crippen LogP contribution is -2.48. The van der Waals surface area contributed by atoms with Gasteiger partial charge in [-0.1, -0.05) is 0 Å². The van der Waals surface area contributed by atoms with E-state index in [4.69, 9.17) is 10.6 Å². The Morgan fingerprint density at radius 3 is 2.86 bits per heavy atom. The number of nitrogen functional groups attached to an aromatic ring is 1. The number of hydrogen-bond acceptors (Lipinski definition) is 9. The van der Waals surface area contributed by atoms with Crippen LogP contribution in [0.2, 0.25) is 0 Å². The summed E-state index contributed by atoms with van der Waals surface area (Å²) in [5.41, 5.74) is 2.35. The maximum absolute atomic E-state index is 11.3. The summed E-state index contributed by atoms with van der Waals surface area (Å²) in [6.07, 6.45) is -0.599. The molecule has 0 aromatic carbocycles. The first-order valence-electron chi connectivity index (χ1n) is 6.47. The monoisotopic (exact) mass is 298 g/mol. The van der Waals surface area contributed by atoms with E-state index in [0.717, 1.165) is 0 Å². The molecular formula is C11H18N6O4. The Morgan fingerprint density at radius 2 is 2.29 bits per heavy atom. The van der Waals surface area contributed by atoms with Gasteiger partial charge in [-0.15, -0.1) is 0 Å². The number of aryl methyl sites for hydroxylation is 1. The van der Waals surface area contributed by atoms with Crippen molar-refractivity contribution in [3.05, 3.63) is 15.8 Å². The molecule has 0 amide bonds. The molecule has 1 aromatic heterocycles. The van der Waals surface area contributed by atoms with Gasteiger partial charge in [0, 0.05) is 13.1 Å². The lowest BCUT2D eigenvalue weighted by Gasteiger charge is -2.36. The smallest absolute Gasteiger partial charge is 0.332 e. The third-order valence-electron chi connectivity index (χ3n) is 3.18. The van der Waals surface area contributed by atoms with Gasteiger partial charge in [0.25, 0.3) is 0 Å². The lowest BCUT2D eigenvalue weighted by atomic mass is 10.2. The first kappa shape index (κ1) is 15.4. The SMILES string of the molecule is Cc1nc(NN)nc(N2CC(C)OC(CO)C2)c1[N+](=O)[O-]. The van der Waals surface area contributed by atoms with Gasteiger partial charge in [-0.25, -0.2) is 10.8 Å². The number of aliphatic hydroxyl groups excluding tert-OH is 1. The molecule has 1 aliphatic rings. The highest BCUT2D eigenvalue weighted by Crippen LogP contribution is 2.31. The largest absolute Gasteiger partial charge is 0.394 e. The Labute approximate surface area is 121 Å². The van der Waals surface area contributed by atoms with Gasteiger partial charge in [-0.3, -0.25) is 15.5 Å². The maximum Gasteiger partial charge on any atom is 0.332 e. The van der Waals surface area contributed by atoms with Crippen molar-refractivity contribution in [3.8, 4) is 0 Å². The number of nitrogens with one attached hydrogen (secondary N) is 1. The molecule has 21 heavy (non-hydrogen) atoms. The second-order valence-corrected chi connectivity index (χ2v) is 4.86. The average molecular weight is 298 g/mol. The molecule has 2 atom stereocenters. The highest BCUT2D eigenvalue weighted by atomic mass is 16.6. The highest BCUT2D eigenvalue weighted by molar-refractivity contribution is 5.62. The Balaban J connectivity index is 2.45. The van der Waals surface area contributed by atoms with Crippen molar-refractivity contribution in [1.82, 2.24) is 9.97 Å². The number of aliphatic hydroxyl groups is 1. The van der Waals surface area contributed by atoms with Crippen molar-refractivity contribution in [2.45, 2.75) is 26.1 Å². The van der Waals surface area contributed by atoms with Crippen LogP contribution < -0.4 is 16.2 Å². The van der Waals surface area contributed by atoms with E-state index >= 15 is 0 Å². The predicted molar refractivity (Wildman–Crippen MR) is 74.9 cm³/mol. The molecular weight excluding hydrogens is 280 g/mol. The summed E-state index contributed by atoms with van der Waals surface area (Å²) in [6, 6.07) is 0. The normalized spacial score (nSPS) is 22.2. The van der Waals surface area contributed by atoms with Gasteiger partial charge < -0.3 is 14.7 Å². The fraction of sp³-hybridized carbons (Fsp3) is 0.636. The predicted octanol–water partition coefficient (Wildman–Crippen LogP) is -0.435. The number of nitrogens with zero attached hydrogens (tertiary/aromatic N) is 4. The standard InChI is InChI=1S/C11H18N6O4/c1-6-3-16(4-8(5-18)21-6)10-9(17(19)20)7(2)13-11(14-10)15-12/h6,8,18H,3-5,12H2,1-2H3,(H,13,14,15). The molecule has 0 aliphatic carbocycles. The number of nitro groups is 1. The molecule has 1 fully saturated rings. The first-order valence-corrected chi connectivity index (χ1v) is 6.47. The van der Waals surface area contributed by atoms with Gasteiger partial charge in [-0.2, -0.15) is 4.98 Å². The molecule has 4 N–H and O–H groups in total. The van der Waals surface area contributed by atoms with Crippen LogP contribution in [0, 0.1) is 17.0 Å². The van der Waals surface area contributed by atoms with Crippen LogP contribution in [0.5, 0.6) is 0 Å².